The fourth-order valence-corrected chi connectivity index (χ4v) is 0.854. The van der Waals surface area contributed by atoms with Crippen molar-refractivity contribution in [3.63, 3.8) is 0 Å². The molecule has 2 heterocycles. The summed E-state index contributed by atoms with van der Waals surface area (Å²) in [6.45, 7) is 0. The SMILES string of the molecule is NNc1cc(Oc2ccco2)n[nH]1. The summed E-state index contributed by atoms with van der Waals surface area (Å²) in [6.07, 6.45) is 1.52. The number of nitrogens with one attached hydrogen (secondary N) is 2. The van der Waals surface area contributed by atoms with Gasteiger partial charge in [0.2, 0.25) is 5.88 Å². The molecule has 0 amide bonds. The van der Waals surface area contributed by atoms with Gasteiger partial charge in [0, 0.05) is 12.1 Å². The number of hydrogen-bond acceptors (Lipinski definition) is 5. The molecule has 0 aliphatic rings. The zero-order chi connectivity index (χ0) is 9.10. The summed E-state index contributed by atoms with van der Waals surface area (Å²) >= 11 is 0. The minimum Gasteiger partial charge on any atom is -0.434 e. The first-order valence-corrected chi connectivity index (χ1v) is 3.62. The summed E-state index contributed by atoms with van der Waals surface area (Å²) < 4.78 is 10.1. The molecule has 0 saturated heterocycles. The summed E-state index contributed by atoms with van der Waals surface area (Å²) in [5, 5.41) is 6.43. The van der Waals surface area contributed by atoms with E-state index < -0.39 is 0 Å². The number of nitrogens with zero attached hydrogens (tertiary/aromatic N) is 1. The van der Waals surface area contributed by atoms with Crippen LogP contribution in [0.4, 0.5) is 5.82 Å². The third kappa shape index (κ3) is 1.62. The number of furan rings is 1. The Morgan fingerprint density at radius 1 is 1.62 bits per heavy atom. The zero-order valence-electron chi connectivity index (χ0n) is 6.65. The Morgan fingerprint density at radius 2 is 2.54 bits per heavy atom. The van der Waals surface area contributed by atoms with Crippen molar-refractivity contribution >= 4 is 5.82 Å². The molecule has 0 fully saturated rings. The Balaban J connectivity index is 2.10. The maximum Gasteiger partial charge on any atom is 0.291 e. The molecule has 2 aromatic rings. The molecule has 0 bridgehead atoms. The van der Waals surface area contributed by atoms with Gasteiger partial charge in [-0.3, -0.25) is 5.10 Å². The lowest BCUT2D eigenvalue weighted by atomic mass is 10.6. The van der Waals surface area contributed by atoms with E-state index in [0.717, 1.165) is 0 Å². The molecule has 13 heavy (non-hydrogen) atoms. The Kier molecular flexibility index (Phi) is 1.89. The molecular weight excluding hydrogens is 172 g/mol. The van der Waals surface area contributed by atoms with Gasteiger partial charge in [0.1, 0.15) is 5.82 Å². The number of ether oxygens (including phenoxy) is 1. The predicted octanol–water partition coefficient (Wildman–Crippen LogP) is 1.08. The van der Waals surface area contributed by atoms with Crippen LogP contribution < -0.4 is 16.0 Å². The van der Waals surface area contributed by atoms with Crippen LogP contribution in [-0.4, -0.2) is 10.2 Å². The van der Waals surface area contributed by atoms with Gasteiger partial charge in [-0.25, -0.2) is 5.84 Å². The van der Waals surface area contributed by atoms with E-state index in [2.05, 4.69) is 15.6 Å². The van der Waals surface area contributed by atoms with Crippen molar-refractivity contribution in [2.24, 2.45) is 5.84 Å². The quantitative estimate of drug-likeness (QED) is 0.485. The maximum absolute atomic E-state index is 5.20. The third-order valence-electron chi connectivity index (χ3n) is 1.41. The lowest BCUT2D eigenvalue weighted by molar-refractivity contribution is 0.337. The Labute approximate surface area is 73.7 Å². The van der Waals surface area contributed by atoms with E-state index in [1.807, 2.05) is 0 Å². The van der Waals surface area contributed by atoms with Crippen molar-refractivity contribution in [1.29, 1.82) is 0 Å². The van der Waals surface area contributed by atoms with Gasteiger partial charge >= 0.3 is 0 Å². The van der Waals surface area contributed by atoms with Gasteiger partial charge in [-0.05, 0) is 6.07 Å². The minimum absolute atomic E-state index is 0.384. The standard InChI is InChI=1S/C7H8N4O2/c8-9-5-4-6(11-10-5)13-7-2-1-3-12-7/h1-4H,8H2,(H2,9,10,11). The average molecular weight is 180 g/mol. The van der Waals surface area contributed by atoms with Crippen LogP contribution in [0.3, 0.4) is 0 Å². The molecule has 2 aromatic heterocycles. The first-order chi connectivity index (χ1) is 6.38. The van der Waals surface area contributed by atoms with Gasteiger partial charge in [0.15, 0.2) is 0 Å². The van der Waals surface area contributed by atoms with E-state index in [9.17, 15) is 0 Å². The molecule has 0 atom stereocenters. The molecule has 0 unspecified atom stereocenters. The van der Waals surface area contributed by atoms with Crippen molar-refractivity contribution in [2.75, 3.05) is 5.43 Å². The van der Waals surface area contributed by atoms with E-state index >= 15 is 0 Å². The molecule has 2 rings (SSSR count). The summed E-state index contributed by atoms with van der Waals surface area (Å²) in [5.74, 6) is 6.48. The first kappa shape index (κ1) is 7.69. The number of anilines is 1. The fourth-order valence-electron chi connectivity index (χ4n) is 0.854. The Hall–Kier alpha value is -1.95. The summed E-state index contributed by atoms with van der Waals surface area (Å²) in [4.78, 5) is 0. The molecule has 0 spiro atoms. The highest BCUT2D eigenvalue weighted by atomic mass is 16.6. The number of aromatic amines is 1. The lowest BCUT2D eigenvalue weighted by Gasteiger charge is -1.93. The van der Waals surface area contributed by atoms with Gasteiger partial charge in [-0.15, -0.1) is 5.10 Å². The van der Waals surface area contributed by atoms with E-state index in [1.54, 1.807) is 18.2 Å². The van der Waals surface area contributed by atoms with Crippen molar-refractivity contribution in [3.8, 4) is 11.8 Å². The monoisotopic (exact) mass is 180 g/mol. The second-order valence-corrected chi connectivity index (χ2v) is 2.30. The molecule has 4 N–H and O–H groups in total. The van der Waals surface area contributed by atoms with Crippen molar-refractivity contribution in [2.45, 2.75) is 0 Å². The Bertz CT molecular complexity index is 368. The van der Waals surface area contributed by atoms with Gasteiger partial charge in [-0.2, -0.15) is 0 Å². The second-order valence-electron chi connectivity index (χ2n) is 2.30. The van der Waals surface area contributed by atoms with Gasteiger partial charge in [-0.1, -0.05) is 0 Å². The Morgan fingerprint density at radius 3 is 3.15 bits per heavy atom. The molecular formula is C7H8N4O2. The molecule has 0 aliphatic heterocycles. The zero-order valence-corrected chi connectivity index (χ0v) is 6.65. The third-order valence-corrected chi connectivity index (χ3v) is 1.41. The van der Waals surface area contributed by atoms with E-state index in [0.29, 0.717) is 17.6 Å². The summed E-state index contributed by atoms with van der Waals surface area (Å²) in [5.41, 5.74) is 2.40. The molecule has 0 aliphatic carbocycles. The maximum atomic E-state index is 5.20. The average Bonchev–Trinajstić information content (AvgIpc) is 2.76. The van der Waals surface area contributed by atoms with Crippen LogP contribution in [0, 0.1) is 0 Å². The van der Waals surface area contributed by atoms with Crippen LogP contribution in [0.5, 0.6) is 11.8 Å². The van der Waals surface area contributed by atoms with E-state index in [-0.39, 0.29) is 0 Å². The smallest absolute Gasteiger partial charge is 0.291 e. The van der Waals surface area contributed by atoms with Crippen molar-refractivity contribution < 1.29 is 9.15 Å². The van der Waals surface area contributed by atoms with Crippen molar-refractivity contribution in [1.82, 2.24) is 10.2 Å². The van der Waals surface area contributed by atoms with Crippen LogP contribution >= 0.6 is 0 Å². The molecule has 0 aromatic carbocycles. The topological polar surface area (TPSA) is 89.1 Å². The fraction of sp³-hybridized carbons (Fsp3) is 0. The molecule has 0 saturated carbocycles. The first-order valence-electron chi connectivity index (χ1n) is 3.62. The van der Waals surface area contributed by atoms with Crippen LogP contribution in [0.2, 0.25) is 0 Å². The largest absolute Gasteiger partial charge is 0.434 e. The summed E-state index contributed by atoms with van der Waals surface area (Å²) in [6, 6.07) is 5.02. The van der Waals surface area contributed by atoms with Crippen LogP contribution in [-0.2, 0) is 0 Å². The van der Waals surface area contributed by atoms with E-state index in [1.165, 1.54) is 6.26 Å². The molecule has 0 radical (unpaired) electrons. The second kappa shape index (κ2) is 3.20. The number of hydrogen-bond donors (Lipinski definition) is 3. The van der Waals surface area contributed by atoms with Crippen molar-refractivity contribution in [3.05, 3.63) is 24.5 Å². The predicted molar refractivity (Wildman–Crippen MR) is 45.2 cm³/mol. The van der Waals surface area contributed by atoms with E-state index in [4.69, 9.17) is 15.0 Å². The van der Waals surface area contributed by atoms with Crippen LogP contribution in [0.25, 0.3) is 0 Å². The molecule has 6 nitrogen and oxygen atoms in total. The van der Waals surface area contributed by atoms with Gasteiger partial charge in [0.05, 0.1) is 6.26 Å². The molecule has 68 valence electrons. The number of nitrogens with two attached hydrogens (primary N) is 1. The van der Waals surface area contributed by atoms with Gasteiger partial charge < -0.3 is 14.6 Å². The van der Waals surface area contributed by atoms with Crippen LogP contribution in [0.1, 0.15) is 0 Å². The number of H-pyrrole nitrogens is 1. The lowest BCUT2D eigenvalue weighted by Crippen LogP contribution is -2.06. The normalized spacial score (nSPS) is 9.92. The number of hydrazine groups is 1. The summed E-state index contributed by atoms with van der Waals surface area (Å²) in [7, 11) is 0. The number of rotatable bonds is 3. The highest BCUT2D eigenvalue weighted by Gasteiger charge is 2.03. The number of nitrogen functional groups attached to an aromatic ring is 1. The highest BCUT2D eigenvalue weighted by molar-refractivity contribution is 5.36. The minimum atomic E-state index is 0.384. The highest BCUT2D eigenvalue weighted by Crippen LogP contribution is 2.20. The number of aromatic nitrogens is 2. The van der Waals surface area contributed by atoms with Gasteiger partial charge in [0.25, 0.3) is 5.95 Å². The molecule has 6 heteroatoms. The van der Waals surface area contributed by atoms with Crippen LogP contribution in [0.15, 0.2) is 28.9 Å².